The van der Waals surface area contributed by atoms with Crippen LogP contribution in [0.25, 0.3) is 10.9 Å². The van der Waals surface area contributed by atoms with E-state index < -0.39 is 6.10 Å². The molecule has 1 N–H and O–H groups in total. The summed E-state index contributed by atoms with van der Waals surface area (Å²) >= 11 is 0. The Morgan fingerprint density at radius 1 is 1.42 bits per heavy atom. The molecule has 0 saturated carbocycles. The number of likely N-dealkylation sites (tertiary alicyclic amines) is 1. The zero-order chi connectivity index (χ0) is 13.4. The maximum atomic E-state index is 12.5. The molecule has 5 heteroatoms. The van der Waals surface area contributed by atoms with E-state index in [0.29, 0.717) is 18.8 Å². The summed E-state index contributed by atoms with van der Waals surface area (Å²) in [7, 11) is 1.84. The number of hydrogen-bond donors (Lipinski definition) is 1. The van der Waals surface area contributed by atoms with Gasteiger partial charge in [-0.05, 0) is 18.9 Å². The number of β-amino-alcohol motifs (C(OH)–C–C–N with tert-alkyl or cyclic N) is 1. The van der Waals surface area contributed by atoms with E-state index in [0.717, 1.165) is 23.7 Å². The SMILES string of the molecule is Cn1nc(C(=O)N2CCCC(O)C2)c2ccccc21. The number of fused-ring (bicyclic) bond motifs is 1. The fraction of sp³-hybridized carbons (Fsp3) is 0.429. The first-order chi connectivity index (χ1) is 9.16. The number of aliphatic hydroxyl groups is 1. The van der Waals surface area contributed by atoms with Crippen LogP contribution in [0.15, 0.2) is 24.3 Å². The maximum absolute atomic E-state index is 12.5. The van der Waals surface area contributed by atoms with Gasteiger partial charge in [-0.2, -0.15) is 5.10 Å². The number of amides is 1. The van der Waals surface area contributed by atoms with E-state index >= 15 is 0 Å². The van der Waals surface area contributed by atoms with Crippen molar-refractivity contribution in [1.29, 1.82) is 0 Å². The van der Waals surface area contributed by atoms with Crippen molar-refractivity contribution in [1.82, 2.24) is 14.7 Å². The standard InChI is InChI=1S/C14H17N3O2/c1-16-12-7-3-2-6-11(12)13(15-16)14(19)17-8-4-5-10(18)9-17/h2-3,6-7,10,18H,4-5,8-9H2,1H3. The summed E-state index contributed by atoms with van der Waals surface area (Å²) in [5.41, 5.74) is 1.43. The molecule has 19 heavy (non-hydrogen) atoms. The second-order valence-corrected chi connectivity index (χ2v) is 5.04. The molecule has 1 aliphatic heterocycles. The third kappa shape index (κ3) is 2.10. The Balaban J connectivity index is 1.97. The second kappa shape index (κ2) is 4.66. The van der Waals surface area contributed by atoms with Gasteiger partial charge in [0.25, 0.3) is 5.91 Å². The topological polar surface area (TPSA) is 58.4 Å². The highest BCUT2D eigenvalue weighted by Crippen LogP contribution is 2.20. The minimum atomic E-state index is -0.410. The van der Waals surface area contributed by atoms with Crippen molar-refractivity contribution in [2.24, 2.45) is 7.05 Å². The van der Waals surface area contributed by atoms with E-state index in [-0.39, 0.29) is 5.91 Å². The van der Waals surface area contributed by atoms with Gasteiger partial charge in [-0.1, -0.05) is 18.2 Å². The number of aromatic nitrogens is 2. The summed E-state index contributed by atoms with van der Waals surface area (Å²) in [6, 6.07) is 7.70. The Labute approximate surface area is 111 Å². The normalized spacial score (nSPS) is 19.9. The first kappa shape index (κ1) is 12.2. The van der Waals surface area contributed by atoms with Crippen LogP contribution in [0, 0.1) is 0 Å². The molecule has 5 nitrogen and oxygen atoms in total. The van der Waals surface area contributed by atoms with Crippen LogP contribution in [0.3, 0.4) is 0 Å². The van der Waals surface area contributed by atoms with Crippen LogP contribution in [-0.2, 0) is 7.05 Å². The second-order valence-electron chi connectivity index (χ2n) is 5.04. The number of piperidine rings is 1. The number of aliphatic hydroxyl groups excluding tert-OH is 1. The van der Waals surface area contributed by atoms with Gasteiger partial charge in [0, 0.05) is 25.5 Å². The van der Waals surface area contributed by atoms with Gasteiger partial charge in [-0.3, -0.25) is 9.48 Å². The van der Waals surface area contributed by atoms with Crippen molar-refractivity contribution >= 4 is 16.8 Å². The molecule has 1 aromatic heterocycles. The third-order valence-electron chi connectivity index (χ3n) is 3.64. The van der Waals surface area contributed by atoms with Crippen LogP contribution in [-0.4, -0.2) is 44.9 Å². The maximum Gasteiger partial charge on any atom is 0.275 e. The minimum absolute atomic E-state index is 0.0875. The van der Waals surface area contributed by atoms with Crippen LogP contribution < -0.4 is 0 Å². The van der Waals surface area contributed by atoms with Crippen molar-refractivity contribution in [3.8, 4) is 0 Å². The number of hydrogen-bond acceptors (Lipinski definition) is 3. The highest BCUT2D eigenvalue weighted by Gasteiger charge is 2.26. The third-order valence-corrected chi connectivity index (χ3v) is 3.64. The van der Waals surface area contributed by atoms with Crippen molar-refractivity contribution in [2.45, 2.75) is 18.9 Å². The lowest BCUT2D eigenvalue weighted by atomic mass is 10.1. The molecule has 1 amide bonds. The first-order valence-corrected chi connectivity index (χ1v) is 6.56. The minimum Gasteiger partial charge on any atom is -0.391 e. The van der Waals surface area contributed by atoms with Crippen molar-refractivity contribution in [2.75, 3.05) is 13.1 Å². The van der Waals surface area contributed by atoms with Gasteiger partial charge >= 0.3 is 0 Å². The van der Waals surface area contributed by atoms with E-state index in [4.69, 9.17) is 0 Å². The summed E-state index contributed by atoms with van der Waals surface area (Å²) in [6.07, 6.45) is 1.21. The molecule has 0 aliphatic carbocycles. The lowest BCUT2D eigenvalue weighted by Crippen LogP contribution is -2.42. The Kier molecular flexibility index (Phi) is 2.98. The molecule has 100 valence electrons. The molecule has 1 saturated heterocycles. The molecule has 1 aliphatic rings. The van der Waals surface area contributed by atoms with Gasteiger partial charge in [0.2, 0.25) is 0 Å². The van der Waals surface area contributed by atoms with Crippen molar-refractivity contribution in [3.63, 3.8) is 0 Å². The van der Waals surface area contributed by atoms with Crippen molar-refractivity contribution < 1.29 is 9.90 Å². The molecule has 0 spiro atoms. The largest absolute Gasteiger partial charge is 0.391 e. The van der Waals surface area contributed by atoms with Crippen molar-refractivity contribution in [3.05, 3.63) is 30.0 Å². The van der Waals surface area contributed by atoms with Crippen LogP contribution in [0.1, 0.15) is 23.3 Å². The first-order valence-electron chi connectivity index (χ1n) is 6.56. The predicted molar refractivity (Wildman–Crippen MR) is 71.9 cm³/mol. The van der Waals surface area contributed by atoms with Gasteiger partial charge in [-0.15, -0.1) is 0 Å². The molecule has 1 atom stereocenters. The van der Waals surface area contributed by atoms with Crippen LogP contribution in [0.4, 0.5) is 0 Å². The van der Waals surface area contributed by atoms with Gasteiger partial charge in [0.05, 0.1) is 11.6 Å². The van der Waals surface area contributed by atoms with Gasteiger partial charge < -0.3 is 10.0 Å². The Hall–Kier alpha value is -1.88. The monoisotopic (exact) mass is 259 g/mol. The molecule has 0 bridgehead atoms. The van der Waals surface area contributed by atoms with E-state index in [1.54, 1.807) is 9.58 Å². The molecular formula is C14H17N3O2. The molecule has 1 aromatic carbocycles. The zero-order valence-electron chi connectivity index (χ0n) is 10.9. The lowest BCUT2D eigenvalue weighted by molar-refractivity contribution is 0.0470. The Bertz CT molecular complexity index is 620. The average molecular weight is 259 g/mol. The molecule has 2 heterocycles. The number of nitrogens with zero attached hydrogens (tertiary/aromatic N) is 3. The van der Waals surface area contributed by atoms with E-state index in [2.05, 4.69) is 5.10 Å². The van der Waals surface area contributed by atoms with Gasteiger partial charge in [-0.25, -0.2) is 0 Å². The molecular weight excluding hydrogens is 242 g/mol. The van der Waals surface area contributed by atoms with Gasteiger partial charge in [0.1, 0.15) is 0 Å². The van der Waals surface area contributed by atoms with Crippen LogP contribution in [0.2, 0.25) is 0 Å². The number of carbonyl (C=O) groups excluding carboxylic acids is 1. The molecule has 1 fully saturated rings. The fourth-order valence-corrected chi connectivity index (χ4v) is 2.66. The fourth-order valence-electron chi connectivity index (χ4n) is 2.66. The number of carbonyl (C=O) groups is 1. The van der Waals surface area contributed by atoms with E-state index in [9.17, 15) is 9.90 Å². The average Bonchev–Trinajstić information content (AvgIpc) is 2.76. The quantitative estimate of drug-likeness (QED) is 0.836. The molecule has 2 aromatic rings. The van der Waals surface area contributed by atoms with E-state index in [1.807, 2.05) is 31.3 Å². The summed E-state index contributed by atoms with van der Waals surface area (Å²) < 4.78 is 1.73. The lowest BCUT2D eigenvalue weighted by Gasteiger charge is -2.29. The molecule has 0 radical (unpaired) electrons. The molecule has 1 unspecified atom stereocenters. The number of para-hydroxylation sites is 1. The van der Waals surface area contributed by atoms with Crippen LogP contribution >= 0.6 is 0 Å². The highest BCUT2D eigenvalue weighted by atomic mass is 16.3. The van der Waals surface area contributed by atoms with E-state index in [1.165, 1.54) is 0 Å². The number of rotatable bonds is 1. The van der Waals surface area contributed by atoms with Crippen LogP contribution in [0.5, 0.6) is 0 Å². The highest BCUT2D eigenvalue weighted by molar-refractivity contribution is 6.04. The zero-order valence-corrected chi connectivity index (χ0v) is 10.9. The Morgan fingerprint density at radius 2 is 2.21 bits per heavy atom. The Morgan fingerprint density at radius 3 is 3.00 bits per heavy atom. The number of aryl methyl sites for hydroxylation is 1. The summed E-state index contributed by atoms with van der Waals surface area (Å²) in [5.74, 6) is -0.0875. The van der Waals surface area contributed by atoms with Gasteiger partial charge in [0.15, 0.2) is 5.69 Å². The summed E-state index contributed by atoms with van der Waals surface area (Å²) in [5, 5.41) is 14.9. The predicted octanol–water partition coefficient (Wildman–Crippen LogP) is 1.17. The number of benzene rings is 1. The summed E-state index contributed by atoms with van der Waals surface area (Å²) in [6.45, 7) is 1.10. The molecule has 3 rings (SSSR count). The summed E-state index contributed by atoms with van der Waals surface area (Å²) in [4.78, 5) is 14.2. The smallest absolute Gasteiger partial charge is 0.275 e.